The van der Waals surface area contributed by atoms with Crippen molar-refractivity contribution in [2.75, 3.05) is 0 Å². The summed E-state index contributed by atoms with van der Waals surface area (Å²) >= 11 is 0. The summed E-state index contributed by atoms with van der Waals surface area (Å²) in [6, 6.07) is 3.57. The summed E-state index contributed by atoms with van der Waals surface area (Å²) in [5.74, 6) is 1.47. The van der Waals surface area contributed by atoms with E-state index in [-0.39, 0.29) is 5.78 Å². The van der Waals surface area contributed by atoms with Crippen molar-refractivity contribution in [3.63, 3.8) is 0 Å². The van der Waals surface area contributed by atoms with Crippen molar-refractivity contribution < 1.29 is 9.21 Å². The number of aromatic nitrogens is 2. The zero-order valence-corrected chi connectivity index (χ0v) is 11.2. The lowest BCUT2D eigenvalue weighted by molar-refractivity contribution is 0.0962. The third kappa shape index (κ3) is 2.23. The molecular weight excluding hydrogens is 228 g/mol. The van der Waals surface area contributed by atoms with E-state index < -0.39 is 0 Å². The average molecular weight is 246 g/mol. The first-order valence-electron chi connectivity index (χ1n) is 6.19. The van der Waals surface area contributed by atoms with E-state index in [1.165, 1.54) is 0 Å². The molecule has 0 fully saturated rings. The van der Waals surface area contributed by atoms with Crippen molar-refractivity contribution in [2.45, 2.75) is 33.1 Å². The molecular formula is C14H18N2O2. The number of Topliss-reactive ketones (excluding diaryl/α,β-unsaturated/α-hetero) is 1. The Morgan fingerprint density at radius 2 is 2.17 bits per heavy atom. The van der Waals surface area contributed by atoms with E-state index in [1.54, 1.807) is 10.7 Å². The van der Waals surface area contributed by atoms with Crippen molar-refractivity contribution in [1.82, 2.24) is 9.78 Å². The maximum Gasteiger partial charge on any atom is 0.197 e. The maximum absolute atomic E-state index is 11.6. The summed E-state index contributed by atoms with van der Waals surface area (Å²) in [5, 5.41) is 4.43. The second kappa shape index (κ2) is 4.80. The maximum atomic E-state index is 11.6. The largest absolute Gasteiger partial charge is 0.453 e. The van der Waals surface area contributed by atoms with Crippen LogP contribution in [0.2, 0.25) is 0 Å². The third-order valence-corrected chi connectivity index (χ3v) is 2.87. The van der Waals surface area contributed by atoms with E-state index >= 15 is 0 Å². The average Bonchev–Trinajstić information content (AvgIpc) is 2.93. The van der Waals surface area contributed by atoms with Gasteiger partial charge in [-0.1, -0.05) is 20.8 Å². The Hall–Kier alpha value is -1.84. The minimum Gasteiger partial charge on any atom is -0.453 e. The molecule has 0 aromatic carbocycles. The van der Waals surface area contributed by atoms with Crippen LogP contribution in [-0.2, 0) is 7.05 Å². The van der Waals surface area contributed by atoms with Crippen molar-refractivity contribution >= 4 is 5.78 Å². The quantitative estimate of drug-likeness (QED) is 0.777. The van der Waals surface area contributed by atoms with Crippen LogP contribution in [0.1, 0.15) is 49.4 Å². The molecule has 0 aliphatic rings. The van der Waals surface area contributed by atoms with Gasteiger partial charge >= 0.3 is 0 Å². The number of aryl methyl sites for hydroxylation is 1. The van der Waals surface area contributed by atoms with Crippen LogP contribution in [-0.4, -0.2) is 15.6 Å². The summed E-state index contributed by atoms with van der Waals surface area (Å²) in [6.45, 7) is 6.01. The highest BCUT2D eigenvalue weighted by atomic mass is 16.3. The van der Waals surface area contributed by atoms with Gasteiger partial charge in [0.1, 0.15) is 5.76 Å². The number of rotatable bonds is 4. The van der Waals surface area contributed by atoms with Gasteiger partial charge in [0.25, 0.3) is 0 Å². The molecule has 0 saturated carbocycles. The molecule has 0 N–H and O–H groups in total. The van der Waals surface area contributed by atoms with E-state index in [0.29, 0.717) is 23.9 Å². The fourth-order valence-electron chi connectivity index (χ4n) is 1.93. The lowest BCUT2D eigenvalue weighted by Gasteiger charge is -2.02. The number of hydrogen-bond donors (Lipinski definition) is 0. The second-order valence-corrected chi connectivity index (χ2v) is 4.70. The topological polar surface area (TPSA) is 48.0 Å². The molecule has 0 aliphatic heterocycles. The van der Waals surface area contributed by atoms with E-state index in [1.807, 2.05) is 26.2 Å². The Bertz CT molecular complexity index is 564. The molecule has 0 atom stereocenters. The van der Waals surface area contributed by atoms with Gasteiger partial charge in [0, 0.05) is 19.7 Å². The molecule has 2 aromatic heterocycles. The van der Waals surface area contributed by atoms with E-state index in [9.17, 15) is 4.79 Å². The number of carbonyl (C=O) groups is 1. The molecule has 96 valence electrons. The van der Waals surface area contributed by atoms with Gasteiger partial charge in [-0.05, 0) is 18.1 Å². The molecule has 2 aromatic rings. The van der Waals surface area contributed by atoms with Crippen molar-refractivity contribution in [3.8, 4) is 11.3 Å². The van der Waals surface area contributed by atoms with Gasteiger partial charge in [0.15, 0.2) is 11.5 Å². The summed E-state index contributed by atoms with van der Waals surface area (Å²) in [6.07, 6.45) is 2.38. The van der Waals surface area contributed by atoms with Gasteiger partial charge in [0.05, 0.1) is 11.3 Å². The SMILES string of the molecule is CCC(=O)c1ccc(-c2cn(C)nc2C(C)C)o1. The van der Waals surface area contributed by atoms with E-state index in [2.05, 4.69) is 18.9 Å². The number of nitrogens with zero attached hydrogens (tertiary/aromatic N) is 2. The van der Waals surface area contributed by atoms with Crippen LogP contribution in [0, 0.1) is 0 Å². The Morgan fingerprint density at radius 1 is 1.44 bits per heavy atom. The predicted molar refractivity (Wildman–Crippen MR) is 69.6 cm³/mol. The Labute approximate surface area is 107 Å². The van der Waals surface area contributed by atoms with Crippen molar-refractivity contribution in [1.29, 1.82) is 0 Å². The van der Waals surface area contributed by atoms with E-state index in [0.717, 1.165) is 11.3 Å². The van der Waals surface area contributed by atoms with E-state index in [4.69, 9.17) is 4.42 Å². The first-order chi connectivity index (χ1) is 8.52. The van der Waals surface area contributed by atoms with Gasteiger partial charge in [0.2, 0.25) is 0 Å². The highest BCUT2D eigenvalue weighted by molar-refractivity contribution is 5.93. The normalized spacial score (nSPS) is 11.2. The number of ketones is 1. The second-order valence-electron chi connectivity index (χ2n) is 4.70. The highest BCUT2D eigenvalue weighted by Crippen LogP contribution is 2.29. The number of carbonyl (C=O) groups excluding carboxylic acids is 1. The summed E-state index contributed by atoms with van der Waals surface area (Å²) in [4.78, 5) is 11.6. The number of hydrogen-bond acceptors (Lipinski definition) is 3. The molecule has 2 heterocycles. The van der Waals surface area contributed by atoms with Crippen LogP contribution < -0.4 is 0 Å². The van der Waals surface area contributed by atoms with Crippen LogP contribution in [0.5, 0.6) is 0 Å². The molecule has 0 spiro atoms. The first kappa shape index (κ1) is 12.6. The van der Waals surface area contributed by atoms with Crippen LogP contribution in [0.25, 0.3) is 11.3 Å². The van der Waals surface area contributed by atoms with Gasteiger partial charge in [-0.3, -0.25) is 9.48 Å². The van der Waals surface area contributed by atoms with Crippen LogP contribution >= 0.6 is 0 Å². The molecule has 0 amide bonds. The predicted octanol–water partition coefficient (Wildman–Crippen LogP) is 3.40. The summed E-state index contributed by atoms with van der Waals surface area (Å²) in [5.41, 5.74) is 1.95. The summed E-state index contributed by atoms with van der Waals surface area (Å²) in [7, 11) is 1.89. The number of furan rings is 1. The minimum atomic E-state index is 0.0243. The summed E-state index contributed by atoms with van der Waals surface area (Å²) < 4.78 is 7.40. The molecule has 0 unspecified atom stereocenters. The lowest BCUT2D eigenvalue weighted by Crippen LogP contribution is -1.94. The standard InChI is InChI=1S/C14H18N2O2/c1-5-11(17)13-7-6-12(18-13)10-8-16(4)15-14(10)9(2)3/h6-9H,5H2,1-4H3. The van der Waals surface area contributed by atoms with Gasteiger partial charge in [-0.25, -0.2) is 0 Å². The zero-order chi connectivity index (χ0) is 13.3. The molecule has 4 nitrogen and oxygen atoms in total. The molecule has 0 aliphatic carbocycles. The molecule has 18 heavy (non-hydrogen) atoms. The smallest absolute Gasteiger partial charge is 0.197 e. The molecule has 0 bridgehead atoms. The Kier molecular flexibility index (Phi) is 3.36. The zero-order valence-electron chi connectivity index (χ0n) is 11.2. The lowest BCUT2D eigenvalue weighted by atomic mass is 10.1. The fourth-order valence-corrected chi connectivity index (χ4v) is 1.93. The Balaban J connectivity index is 2.42. The molecule has 0 saturated heterocycles. The van der Waals surface area contributed by atoms with Gasteiger partial charge < -0.3 is 4.42 Å². The van der Waals surface area contributed by atoms with Gasteiger partial charge in [-0.2, -0.15) is 5.10 Å². The van der Waals surface area contributed by atoms with Crippen LogP contribution in [0.3, 0.4) is 0 Å². The van der Waals surface area contributed by atoms with Crippen LogP contribution in [0.4, 0.5) is 0 Å². The fraction of sp³-hybridized carbons (Fsp3) is 0.429. The monoisotopic (exact) mass is 246 g/mol. The third-order valence-electron chi connectivity index (χ3n) is 2.87. The van der Waals surface area contributed by atoms with Crippen molar-refractivity contribution in [2.24, 2.45) is 7.05 Å². The first-order valence-corrected chi connectivity index (χ1v) is 6.19. The molecule has 2 rings (SSSR count). The molecule has 4 heteroatoms. The molecule has 0 radical (unpaired) electrons. The highest BCUT2D eigenvalue weighted by Gasteiger charge is 2.17. The van der Waals surface area contributed by atoms with Gasteiger partial charge in [-0.15, -0.1) is 0 Å². The van der Waals surface area contributed by atoms with Crippen molar-refractivity contribution in [3.05, 3.63) is 29.8 Å². The Morgan fingerprint density at radius 3 is 2.78 bits per heavy atom. The van der Waals surface area contributed by atoms with Crippen LogP contribution in [0.15, 0.2) is 22.7 Å². The minimum absolute atomic E-state index is 0.0243.